The molecule has 1 heterocycles. The van der Waals surface area contributed by atoms with E-state index in [9.17, 15) is 18.8 Å². The first kappa shape index (κ1) is 27.8. The van der Waals surface area contributed by atoms with Crippen LogP contribution in [-0.4, -0.2) is 34.0 Å². The normalized spacial score (nSPS) is 11.2. The number of para-hydroxylation sites is 1. The van der Waals surface area contributed by atoms with E-state index in [0.717, 1.165) is 0 Å². The monoisotopic (exact) mass is 545 g/mol. The van der Waals surface area contributed by atoms with Crippen LogP contribution in [0, 0.1) is 12.7 Å². The molecule has 0 spiro atoms. The number of hydrazone groups is 1. The summed E-state index contributed by atoms with van der Waals surface area (Å²) in [5, 5.41) is 6.40. The predicted octanol–water partition coefficient (Wildman–Crippen LogP) is 3.69. The van der Waals surface area contributed by atoms with E-state index in [1.54, 1.807) is 86.2 Å². The topological polar surface area (TPSA) is 116 Å². The Kier molecular flexibility index (Phi) is 8.43. The Labute approximate surface area is 229 Å². The Morgan fingerprint density at radius 1 is 0.975 bits per heavy atom. The molecular weight excluding hydrogens is 517 g/mol. The van der Waals surface area contributed by atoms with Gasteiger partial charge < -0.3 is 14.8 Å². The number of ether oxygens (including phenoxy) is 2. The molecule has 0 aliphatic heterocycles. The van der Waals surface area contributed by atoms with E-state index in [1.165, 1.54) is 17.9 Å². The minimum atomic E-state index is -1.05. The molecule has 0 fully saturated rings. The summed E-state index contributed by atoms with van der Waals surface area (Å²) in [6, 6.07) is 20.2. The number of methoxy groups -OCH3 is 1. The molecular formula is C29H28FN5O5. The van der Waals surface area contributed by atoms with Crippen LogP contribution >= 0.6 is 0 Å². The van der Waals surface area contributed by atoms with Gasteiger partial charge in [0.2, 0.25) is 0 Å². The van der Waals surface area contributed by atoms with Crippen molar-refractivity contribution in [2.45, 2.75) is 20.5 Å². The summed E-state index contributed by atoms with van der Waals surface area (Å²) in [7, 11) is 3.14. The maximum atomic E-state index is 13.9. The van der Waals surface area contributed by atoms with Crippen LogP contribution in [0.2, 0.25) is 0 Å². The van der Waals surface area contributed by atoms with Crippen molar-refractivity contribution in [3.8, 4) is 17.2 Å². The standard InChI is InChI=1S/C29H28FN5O5/c1-18(20-14-15-24(25(16-20)39-4)40-17-21-10-8-9-13-23(21)30)32-33-28(37)27(36)31-26-19(2)34(3)35(29(26)38)22-11-6-5-7-12-22/h5-16H,17H2,1-4H3,(H,31,36)(H,33,37). The van der Waals surface area contributed by atoms with Gasteiger partial charge in [-0.3, -0.25) is 19.1 Å². The van der Waals surface area contributed by atoms with Crippen LogP contribution in [0.3, 0.4) is 0 Å². The summed E-state index contributed by atoms with van der Waals surface area (Å²) in [6.45, 7) is 3.30. The average Bonchev–Trinajstić information content (AvgIpc) is 3.18. The Morgan fingerprint density at radius 2 is 1.68 bits per heavy atom. The molecule has 40 heavy (non-hydrogen) atoms. The molecule has 0 saturated carbocycles. The lowest BCUT2D eigenvalue weighted by Gasteiger charge is -2.12. The number of rotatable bonds is 8. The molecule has 0 unspecified atom stereocenters. The fraction of sp³-hybridized carbons (Fsp3) is 0.172. The third-order valence-electron chi connectivity index (χ3n) is 6.25. The minimum absolute atomic E-state index is 0.0112. The number of nitrogens with one attached hydrogen (secondary N) is 2. The lowest BCUT2D eigenvalue weighted by atomic mass is 10.1. The van der Waals surface area contributed by atoms with Crippen molar-refractivity contribution >= 4 is 23.2 Å². The number of aromatic nitrogens is 2. The number of carbonyl (C=O) groups excluding carboxylic acids is 2. The zero-order valence-corrected chi connectivity index (χ0v) is 22.4. The van der Waals surface area contributed by atoms with Crippen LogP contribution in [-0.2, 0) is 23.2 Å². The van der Waals surface area contributed by atoms with E-state index < -0.39 is 17.4 Å². The molecule has 0 aliphatic carbocycles. The first-order chi connectivity index (χ1) is 19.2. The second-order valence-electron chi connectivity index (χ2n) is 8.77. The van der Waals surface area contributed by atoms with Crippen molar-refractivity contribution < 1.29 is 23.5 Å². The van der Waals surface area contributed by atoms with Gasteiger partial charge in [0.05, 0.1) is 24.2 Å². The third-order valence-corrected chi connectivity index (χ3v) is 6.25. The Bertz CT molecular complexity index is 1640. The first-order valence-electron chi connectivity index (χ1n) is 12.3. The molecule has 0 saturated heterocycles. The van der Waals surface area contributed by atoms with Crippen molar-refractivity contribution in [2.75, 3.05) is 12.4 Å². The highest BCUT2D eigenvalue weighted by molar-refractivity contribution is 6.39. The summed E-state index contributed by atoms with van der Waals surface area (Å²) in [4.78, 5) is 38.0. The molecule has 206 valence electrons. The number of carbonyl (C=O) groups is 2. The van der Waals surface area contributed by atoms with Gasteiger partial charge in [0, 0.05) is 18.2 Å². The molecule has 0 bridgehead atoms. The number of halogens is 1. The number of amides is 2. The molecule has 3 aromatic carbocycles. The largest absolute Gasteiger partial charge is 0.493 e. The fourth-order valence-corrected chi connectivity index (χ4v) is 3.92. The summed E-state index contributed by atoms with van der Waals surface area (Å²) in [6.07, 6.45) is 0. The molecule has 11 heteroatoms. The lowest BCUT2D eigenvalue weighted by Crippen LogP contribution is -2.34. The third kappa shape index (κ3) is 5.93. The molecule has 0 atom stereocenters. The van der Waals surface area contributed by atoms with Crippen molar-refractivity contribution in [3.63, 3.8) is 0 Å². The van der Waals surface area contributed by atoms with E-state index in [-0.39, 0.29) is 18.1 Å². The van der Waals surface area contributed by atoms with E-state index in [2.05, 4.69) is 15.8 Å². The van der Waals surface area contributed by atoms with Gasteiger partial charge in [-0.2, -0.15) is 5.10 Å². The second-order valence-corrected chi connectivity index (χ2v) is 8.77. The highest BCUT2D eigenvalue weighted by Crippen LogP contribution is 2.29. The quantitative estimate of drug-likeness (QED) is 0.199. The van der Waals surface area contributed by atoms with E-state index >= 15 is 0 Å². The second kappa shape index (κ2) is 12.1. The van der Waals surface area contributed by atoms with Gasteiger partial charge in [-0.15, -0.1) is 0 Å². The van der Waals surface area contributed by atoms with E-state index in [4.69, 9.17) is 9.47 Å². The van der Waals surface area contributed by atoms with E-state index in [1.807, 2.05) is 6.07 Å². The number of benzene rings is 3. The molecule has 2 N–H and O–H groups in total. The minimum Gasteiger partial charge on any atom is -0.493 e. The molecule has 2 amide bonds. The summed E-state index contributed by atoms with van der Waals surface area (Å²) in [5.41, 5.74) is 4.16. The average molecular weight is 546 g/mol. The zero-order chi connectivity index (χ0) is 28.8. The highest BCUT2D eigenvalue weighted by Gasteiger charge is 2.21. The molecule has 10 nitrogen and oxygen atoms in total. The van der Waals surface area contributed by atoms with Crippen molar-refractivity contribution in [2.24, 2.45) is 12.1 Å². The summed E-state index contributed by atoms with van der Waals surface area (Å²) < 4.78 is 28.0. The number of hydrogen-bond acceptors (Lipinski definition) is 6. The Morgan fingerprint density at radius 3 is 2.38 bits per heavy atom. The van der Waals surface area contributed by atoms with Crippen LogP contribution in [0.4, 0.5) is 10.1 Å². The smallest absolute Gasteiger partial charge is 0.329 e. The summed E-state index contributed by atoms with van der Waals surface area (Å²) in [5.74, 6) is -1.70. The zero-order valence-electron chi connectivity index (χ0n) is 22.4. The number of anilines is 1. The van der Waals surface area contributed by atoms with E-state index in [0.29, 0.717) is 39.7 Å². The van der Waals surface area contributed by atoms with Gasteiger partial charge in [0.25, 0.3) is 5.56 Å². The van der Waals surface area contributed by atoms with Gasteiger partial charge in [0.1, 0.15) is 18.1 Å². The maximum absolute atomic E-state index is 13.9. The Hall–Kier alpha value is -5.19. The molecule has 0 radical (unpaired) electrons. The highest BCUT2D eigenvalue weighted by atomic mass is 19.1. The van der Waals surface area contributed by atoms with Crippen LogP contribution < -0.4 is 25.8 Å². The van der Waals surface area contributed by atoms with Gasteiger partial charge in [-0.05, 0) is 50.2 Å². The SMILES string of the molecule is COc1cc(C(C)=NNC(=O)C(=O)Nc2c(C)n(C)n(-c3ccccc3)c2=O)ccc1OCc1ccccc1F. The van der Waals surface area contributed by atoms with Crippen molar-refractivity contribution in [3.05, 3.63) is 106 Å². The molecule has 4 aromatic rings. The fourth-order valence-electron chi connectivity index (χ4n) is 3.92. The van der Waals surface area contributed by atoms with Gasteiger partial charge in [0.15, 0.2) is 11.5 Å². The molecule has 1 aromatic heterocycles. The Balaban J connectivity index is 1.43. The number of hydrogen-bond donors (Lipinski definition) is 2. The van der Waals surface area contributed by atoms with Gasteiger partial charge in [-0.25, -0.2) is 14.5 Å². The van der Waals surface area contributed by atoms with Crippen LogP contribution in [0.5, 0.6) is 11.5 Å². The van der Waals surface area contributed by atoms with Crippen LogP contribution in [0.25, 0.3) is 5.69 Å². The lowest BCUT2D eigenvalue weighted by molar-refractivity contribution is -0.136. The molecule has 4 rings (SSSR count). The van der Waals surface area contributed by atoms with Crippen LogP contribution in [0.15, 0.2) is 82.7 Å². The molecule has 0 aliphatic rings. The first-order valence-corrected chi connectivity index (χ1v) is 12.3. The van der Waals surface area contributed by atoms with Crippen molar-refractivity contribution in [1.82, 2.24) is 14.8 Å². The maximum Gasteiger partial charge on any atom is 0.329 e. The number of nitrogens with zero attached hydrogens (tertiary/aromatic N) is 3. The van der Waals surface area contributed by atoms with Gasteiger partial charge >= 0.3 is 11.8 Å². The van der Waals surface area contributed by atoms with Crippen LogP contribution in [0.1, 0.15) is 23.7 Å². The van der Waals surface area contributed by atoms with Gasteiger partial charge in [-0.1, -0.05) is 36.4 Å². The summed E-state index contributed by atoms with van der Waals surface area (Å²) >= 11 is 0. The predicted molar refractivity (Wildman–Crippen MR) is 148 cm³/mol. The van der Waals surface area contributed by atoms with Crippen molar-refractivity contribution in [1.29, 1.82) is 0 Å².